The highest BCUT2D eigenvalue weighted by atomic mass is 16.5. The van der Waals surface area contributed by atoms with Gasteiger partial charge >= 0.3 is 0 Å². The molecule has 0 N–H and O–H groups in total. The molecule has 0 bridgehead atoms. The Labute approximate surface area is 102 Å². The maximum atomic E-state index is 12.2. The minimum Gasteiger partial charge on any atom is -0.497 e. The molecule has 1 rings (SSSR count). The molecular weight excluding hydrogens is 216 g/mol. The smallest absolute Gasteiger partial charge is 0.188 e. The molecule has 0 atom stereocenters. The van der Waals surface area contributed by atoms with Gasteiger partial charge in [0.25, 0.3) is 0 Å². The van der Waals surface area contributed by atoms with E-state index in [1.807, 2.05) is 19.9 Å². The van der Waals surface area contributed by atoms with E-state index in [4.69, 9.17) is 9.47 Å². The van der Waals surface area contributed by atoms with Crippen LogP contribution >= 0.6 is 0 Å². The molecule has 0 spiro atoms. The van der Waals surface area contributed by atoms with Crippen LogP contribution in [0.5, 0.6) is 11.5 Å². The average molecular weight is 234 g/mol. The van der Waals surface area contributed by atoms with Gasteiger partial charge in [-0.05, 0) is 31.1 Å². The molecule has 3 heteroatoms. The Kier molecular flexibility index (Phi) is 4.76. The third-order valence-corrected chi connectivity index (χ3v) is 2.63. The van der Waals surface area contributed by atoms with E-state index in [1.54, 1.807) is 32.4 Å². The summed E-state index contributed by atoms with van der Waals surface area (Å²) in [6, 6.07) is 5.20. The fourth-order valence-corrected chi connectivity index (χ4v) is 1.62. The molecule has 0 aliphatic carbocycles. The molecule has 1 aromatic carbocycles. The summed E-state index contributed by atoms with van der Waals surface area (Å²) in [5.74, 6) is 1.27. The quantitative estimate of drug-likeness (QED) is 0.579. The molecule has 0 heterocycles. The lowest BCUT2D eigenvalue weighted by Crippen LogP contribution is -2.03. The minimum atomic E-state index is 0.0206. The van der Waals surface area contributed by atoms with Gasteiger partial charge < -0.3 is 9.47 Å². The Bertz CT molecular complexity index is 411. The standard InChI is InChI=1S/C14H18O3/c1-5-10(6-2)14(15)11-7-12(16-3)9-13(8-11)17-4/h5,7-9H,6H2,1-4H3/b10-5-. The summed E-state index contributed by atoms with van der Waals surface area (Å²) < 4.78 is 10.3. The zero-order chi connectivity index (χ0) is 12.8. The van der Waals surface area contributed by atoms with Gasteiger partial charge in [0.05, 0.1) is 14.2 Å². The first-order valence-corrected chi connectivity index (χ1v) is 5.59. The first kappa shape index (κ1) is 13.3. The molecule has 3 nitrogen and oxygen atoms in total. The minimum absolute atomic E-state index is 0.0206. The lowest BCUT2D eigenvalue weighted by atomic mass is 10.0. The number of ether oxygens (including phenoxy) is 2. The van der Waals surface area contributed by atoms with Crippen LogP contribution < -0.4 is 9.47 Å². The van der Waals surface area contributed by atoms with Crippen LogP contribution in [0.25, 0.3) is 0 Å². The van der Waals surface area contributed by atoms with Crippen LogP contribution in [0, 0.1) is 0 Å². The van der Waals surface area contributed by atoms with E-state index in [1.165, 1.54) is 0 Å². The van der Waals surface area contributed by atoms with Crippen molar-refractivity contribution in [3.63, 3.8) is 0 Å². The van der Waals surface area contributed by atoms with E-state index in [9.17, 15) is 4.79 Å². The van der Waals surface area contributed by atoms with Gasteiger partial charge in [-0.3, -0.25) is 4.79 Å². The summed E-state index contributed by atoms with van der Waals surface area (Å²) in [6.45, 7) is 3.83. The summed E-state index contributed by atoms with van der Waals surface area (Å²) in [5, 5.41) is 0. The van der Waals surface area contributed by atoms with Crippen molar-refractivity contribution in [1.29, 1.82) is 0 Å². The van der Waals surface area contributed by atoms with Crippen LogP contribution in [0.1, 0.15) is 30.6 Å². The highest BCUT2D eigenvalue weighted by Crippen LogP contribution is 2.24. The Morgan fingerprint density at radius 2 is 1.71 bits per heavy atom. The van der Waals surface area contributed by atoms with E-state index in [2.05, 4.69) is 0 Å². The Morgan fingerprint density at radius 1 is 1.18 bits per heavy atom. The van der Waals surface area contributed by atoms with E-state index >= 15 is 0 Å². The Hall–Kier alpha value is -1.77. The molecule has 0 saturated heterocycles. The van der Waals surface area contributed by atoms with Crippen molar-refractivity contribution in [1.82, 2.24) is 0 Å². The molecule has 0 amide bonds. The number of Topliss-reactive ketones (excluding diaryl/α,β-unsaturated/α-hetero) is 1. The second-order valence-electron chi connectivity index (χ2n) is 3.60. The molecule has 0 aliphatic rings. The normalized spacial score (nSPS) is 11.2. The molecule has 0 saturated carbocycles. The second-order valence-corrected chi connectivity index (χ2v) is 3.60. The van der Waals surface area contributed by atoms with Crippen molar-refractivity contribution in [2.24, 2.45) is 0 Å². The maximum Gasteiger partial charge on any atom is 0.188 e. The molecule has 0 radical (unpaired) electrons. The predicted octanol–water partition coefficient (Wildman–Crippen LogP) is 3.24. The van der Waals surface area contributed by atoms with Crippen molar-refractivity contribution in [2.75, 3.05) is 14.2 Å². The number of carbonyl (C=O) groups excluding carboxylic acids is 1. The van der Waals surface area contributed by atoms with E-state index in [0.29, 0.717) is 17.1 Å². The summed E-state index contributed by atoms with van der Waals surface area (Å²) in [6.07, 6.45) is 2.56. The Morgan fingerprint density at radius 3 is 2.06 bits per heavy atom. The largest absolute Gasteiger partial charge is 0.497 e. The summed E-state index contributed by atoms with van der Waals surface area (Å²) in [5.41, 5.74) is 1.39. The first-order chi connectivity index (χ1) is 8.15. The fraction of sp³-hybridized carbons (Fsp3) is 0.357. The SMILES string of the molecule is C/C=C(/CC)C(=O)c1cc(OC)cc(OC)c1. The average Bonchev–Trinajstić information content (AvgIpc) is 2.39. The van der Waals surface area contributed by atoms with Crippen molar-refractivity contribution in [2.45, 2.75) is 20.3 Å². The van der Waals surface area contributed by atoms with Gasteiger partial charge in [0, 0.05) is 11.6 Å². The predicted molar refractivity (Wildman–Crippen MR) is 67.9 cm³/mol. The van der Waals surface area contributed by atoms with Gasteiger partial charge in [0.2, 0.25) is 0 Å². The number of carbonyl (C=O) groups is 1. The lowest BCUT2D eigenvalue weighted by molar-refractivity contribution is 0.103. The number of rotatable bonds is 5. The first-order valence-electron chi connectivity index (χ1n) is 5.59. The molecule has 1 aromatic rings. The molecule has 0 unspecified atom stereocenters. The molecule has 0 aromatic heterocycles. The highest BCUT2D eigenvalue weighted by Gasteiger charge is 2.12. The van der Waals surface area contributed by atoms with E-state index in [0.717, 1.165) is 12.0 Å². The summed E-state index contributed by atoms with van der Waals surface area (Å²) in [7, 11) is 3.14. The van der Waals surface area contributed by atoms with Gasteiger partial charge in [0.15, 0.2) is 5.78 Å². The van der Waals surface area contributed by atoms with Crippen LogP contribution in [0.4, 0.5) is 0 Å². The van der Waals surface area contributed by atoms with Gasteiger partial charge in [-0.15, -0.1) is 0 Å². The monoisotopic (exact) mass is 234 g/mol. The zero-order valence-corrected chi connectivity index (χ0v) is 10.7. The maximum absolute atomic E-state index is 12.2. The fourth-order valence-electron chi connectivity index (χ4n) is 1.62. The summed E-state index contributed by atoms with van der Waals surface area (Å²) >= 11 is 0. The second kappa shape index (κ2) is 6.09. The number of allylic oxidation sites excluding steroid dienone is 2. The van der Waals surface area contributed by atoms with Crippen molar-refractivity contribution >= 4 is 5.78 Å². The summed E-state index contributed by atoms with van der Waals surface area (Å²) in [4.78, 5) is 12.2. The third kappa shape index (κ3) is 3.09. The number of hydrogen-bond acceptors (Lipinski definition) is 3. The van der Waals surface area contributed by atoms with Gasteiger partial charge in [-0.1, -0.05) is 13.0 Å². The number of benzene rings is 1. The number of ketones is 1. The van der Waals surface area contributed by atoms with Gasteiger partial charge in [-0.25, -0.2) is 0 Å². The number of hydrogen-bond donors (Lipinski definition) is 0. The van der Waals surface area contributed by atoms with Gasteiger partial charge in [0.1, 0.15) is 11.5 Å². The Balaban J connectivity index is 3.17. The molecule has 92 valence electrons. The number of methoxy groups -OCH3 is 2. The van der Waals surface area contributed by atoms with E-state index < -0.39 is 0 Å². The van der Waals surface area contributed by atoms with Crippen LogP contribution in [0.2, 0.25) is 0 Å². The third-order valence-electron chi connectivity index (χ3n) is 2.63. The van der Waals surface area contributed by atoms with Crippen LogP contribution in [-0.2, 0) is 0 Å². The molecule has 17 heavy (non-hydrogen) atoms. The zero-order valence-electron chi connectivity index (χ0n) is 10.7. The van der Waals surface area contributed by atoms with Crippen LogP contribution in [-0.4, -0.2) is 20.0 Å². The van der Waals surface area contributed by atoms with Gasteiger partial charge in [-0.2, -0.15) is 0 Å². The molecule has 0 fully saturated rings. The molecular formula is C14H18O3. The van der Waals surface area contributed by atoms with E-state index in [-0.39, 0.29) is 5.78 Å². The highest BCUT2D eigenvalue weighted by molar-refractivity contribution is 6.09. The van der Waals surface area contributed by atoms with Crippen molar-refractivity contribution < 1.29 is 14.3 Å². The van der Waals surface area contributed by atoms with Crippen LogP contribution in [0.15, 0.2) is 29.8 Å². The van der Waals surface area contributed by atoms with Crippen molar-refractivity contribution in [3.8, 4) is 11.5 Å². The lowest BCUT2D eigenvalue weighted by Gasteiger charge is -2.08. The van der Waals surface area contributed by atoms with Crippen LogP contribution in [0.3, 0.4) is 0 Å². The molecule has 0 aliphatic heterocycles. The topological polar surface area (TPSA) is 35.5 Å². The van der Waals surface area contributed by atoms with Crippen molar-refractivity contribution in [3.05, 3.63) is 35.4 Å².